The molecule has 2 aliphatic rings. The van der Waals surface area contributed by atoms with Crippen LogP contribution < -0.4 is 15.1 Å². The molecule has 2 fully saturated rings. The van der Waals surface area contributed by atoms with Gasteiger partial charge < -0.3 is 19.5 Å². The standard InChI is InChI=1S/C15H18FN3O4S/c1-10(20)17-7-12-8-19(15(21)23-12)11-2-3-14(13(16)6-11)18-4-5-24(22)9-18/h2-3,6,12H,4-5,7-9H2,1H3,(H,17,20)/t12-,24-/m0/s1. The van der Waals surface area contributed by atoms with Crippen LogP contribution in [0.5, 0.6) is 0 Å². The van der Waals surface area contributed by atoms with Gasteiger partial charge in [-0.05, 0) is 29.4 Å². The molecule has 3 rings (SSSR count). The molecule has 1 aromatic carbocycles. The van der Waals surface area contributed by atoms with E-state index < -0.39 is 29.2 Å². The Morgan fingerprint density at radius 1 is 1.54 bits per heavy atom. The molecule has 0 bridgehead atoms. The fraction of sp³-hybridized carbons (Fsp3) is 0.467. The number of anilines is 2. The lowest BCUT2D eigenvalue weighted by atomic mass is 10.2. The monoisotopic (exact) mass is 355 g/mol. The topological polar surface area (TPSA) is 84.9 Å². The Bertz CT molecular complexity index is 660. The van der Waals surface area contributed by atoms with Crippen molar-refractivity contribution in [2.24, 2.45) is 0 Å². The van der Waals surface area contributed by atoms with E-state index in [1.54, 1.807) is 17.0 Å². The maximum absolute atomic E-state index is 14.4. The highest BCUT2D eigenvalue weighted by molar-refractivity contribution is 7.91. The van der Waals surface area contributed by atoms with Gasteiger partial charge in [0, 0.05) is 6.92 Å². The lowest BCUT2D eigenvalue weighted by molar-refractivity contribution is -0.119. The molecular formula is C15H18FN3O4S. The van der Waals surface area contributed by atoms with Gasteiger partial charge >= 0.3 is 6.09 Å². The average Bonchev–Trinajstić information content (AvgIpc) is 3.11. The number of benzene rings is 1. The van der Waals surface area contributed by atoms with Gasteiger partial charge in [0.25, 0.3) is 0 Å². The van der Waals surface area contributed by atoms with Gasteiger partial charge in [-0.25, -0.2) is 9.18 Å². The van der Waals surface area contributed by atoms with Gasteiger partial charge in [-0.15, -0.1) is 0 Å². The van der Waals surface area contributed by atoms with Crippen LogP contribution in [0, 0.1) is 5.82 Å². The summed E-state index contributed by atoms with van der Waals surface area (Å²) in [5, 5.41) is 2.59. The number of cyclic esters (lactones) is 1. The van der Waals surface area contributed by atoms with Crippen molar-refractivity contribution in [1.29, 1.82) is 0 Å². The van der Waals surface area contributed by atoms with Crippen molar-refractivity contribution >= 4 is 34.6 Å². The van der Waals surface area contributed by atoms with Crippen molar-refractivity contribution in [3.63, 3.8) is 0 Å². The minimum absolute atomic E-state index is 0.206. The second-order valence-electron chi connectivity index (χ2n) is 5.73. The summed E-state index contributed by atoms with van der Waals surface area (Å²) in [5.74, 6) is 0.179. The molecule has 7 nitrogen and oxygen atoms in total. The zero-order chi connectivity index (χ0) is 17.3. The van der Waals surface area contributed by atoms with Crippen molar-refractivity contribution in [3.8, 4) is 0 Å². The van der Waals surface area contributed by atoms with E-state index in [4.69, 9.17) is 4.74 Å². The number of amides is 2. The zero-order valence-corrected chi connectivity index (χ0v) is 14.0. The number of halogens is 1. The third-order valence-electron chi connectivity index (χ3n) is 3.93. The first-order valence-corrected chi connectivity index (χ1v) is 9.05. The third-order valence-corrected chi connectivity index (χ3v) is 5.16. The Labute approximate surface area is 141 Å². The van der Waals surface area contributed by atoms with Gasteiger partial charge in [0.15, 0.2) is 5.88 Å². The quantitative estimate of drug-likeness (QED) is 0.808. The molecule has 0 radical (unpaired) electrons. The Hall–Kier alpha value is -2.00. The molecule has 1 N–H and O–H groups in total. The molecule has 130 valence electrons. The van der Waals surface area contributed by atoms with Crippen LogP contribution in [-0.2, 0) is 20.7 Å². The summed E-state index contributed by atoms with van der Waals surface area (Å²) in [6.07, 6.45) is -1.04. The summed E-state index contributed by atoms with van der Waals surface area (Å²) >= 11 is -0.946. The normalized spacial score (nSPS) is 23.5. The summed E-state index contributed by atoms with van der Waals surface area (Å²) in [6.45, 7) is 2.39. The van der Waals surface area contributed by atoms with Gasteiger partial charge in [0.1, 0.15) is 17.7 Å². The third kappa shape index (κ3) is 3.57. The molecule has 24 heavy (non-hydrogen) atoms. The maximum atomic E-state index is 14.4. The molecule has 0 unspecified atom stereocenters. The van der Waals surface area contributed by atoms with Crippen molar-refractivity contribution in [2.45, 2.75) is 13.0 Å². The van der Waals surface area contributed by atoms with E-state index in [-0.39, 0.29) is 19.0 Å². The number of carbonyl (C=O) groups excluding carboxylic acids is 2. The first-order chi connectivity index (χ1) is 11.4. The maximum Gasteiger partial charge on any atom is 0.414 e. The van der Waals surface area contributed by atoms with Gasteiger partial charge in [0.05, 0.1) is 31.0 Å². The van der Waals surface area contributed by atoms with E-state index in [9.17, 15) is 18.5 Å². The molecule has 9 heteroatoms. The van der Waals surface area contributed by atoms with Gasteiger partial charge in [-0.2, -0.15) is 0 Å². The predicted molar refractivity (Wildman–Crippen MR) is 87.9 cm³/mol. The smallest absolute Gasteiger partial charge is 0.414 e. The molecule has 0 spiro atoms. The number of hydrogen-bond donors (Lipinski definition) is 1. The van der Waals surface area contributed by atoms with Gasteiger partial charge in [0.2, 0.25) is 5.91 Å². The molecule has 2 saturated heterocycles. The molecular weight excluding hydrogens is 337 g/mol. The molecule has 1 aromatic rings. The summed E-state index contributed by atoms with van der Waals surface area (Å²) in [7, 11) is 0. The first-order valence-electron chi connectivity index (χ1n) is 7.56. The highest BCUT2D eigenvalue weighted by Gasteiger charge is 2.33. The highest BCUT2D eigenvalue weighted by atomic mass is 32.2. The van der Waals surface area contributed by atoms with Crippen LogP contribution in [0.1, 0.15) is 6.92 Å². The van der Waals surface area contributed by atoms with E-state index in [0.717, 1.165) is 0 Å². The van der Waals surface area contributed by atoms with Crippen molar-refractivity contribution in [1.82, 2.24) is 5.32 Å². The fourth-order valence-electron chi connectivity index (χ4n) is 2.72. The van der Waals surface area contributed by atoms with Crippen LogP contribution >= 0.6 is 0 Å². The van der Waals surface area contributed by atoms with Crippen molar-refractivity contribution < 1.29 is 23.3 Å². The van der Waals surface area contributed by atoms with Crippen LogP contribution in [0.15, 0.2) is 18.2 Å². The minimum Gasteiger partial charge on any atom is -0.615 e. The second kappa shape index (κ2) is 6.86. The highest BCUT2D eigenvalue weighted by Crippen LogP contribution is 2.29. The van der Waals surface area contributed by atoms with Gasteiger partial charge in [-0.3, -0.25) is 9.69 Å². The van der Waals surface area contributed by atoms with Crippen LogP contribution in [0.3, 0.4) is 0 Å². The Kier molecular flexibility index (Phi) is 4.81. The summed E-state index contributed by atoms with van der Waals surface area (Å²) in [4.78, 5) is 25.9. The second-order valence-corrected chi connectivity index (χ2v) is 7.27. The molecule has 2 amide bonds. The molecule has 2 atom stereocenters. The van der Waals surface area contributed by atoms with Crippen LogP contribution in [-0.4, -0.2) is 53.9 Å². The first kappa shape index (κ1) is 16.8. The Morgan fingerprint density at radius 2 is 2.33 bits per heavy atom. The van der Waals surface area contributed by atoms with E-state index in [1.807, 2.05) is 0 Å². The predicted octanol–water partition coefficient (Wildman–Crippen LogP) is 0.813. The molecule has 2 heterocycles. The van der Waals surface area contributed by atoms with E-state index in [0.29, 0.717) is 29.5 Å². The number of hydrogen-bond acceptors (Lipinski definition) is 5. The zero-order valence-electron chi connectivity index (χ0n) is 13.2. The Balaban J connectivity index is 1.70. The van der Waals surface area contributed by atoms with E-state index in [1.165, 1.54) is 17.9 Å². The van der Waals surface area contributed by atoms with Crippen molar-refractivity contribution in [2.75, 3.05) is 41.1 Å². The van der Waals surface area contributed by atoms with E-state index in [2.05, 4.69) is 5.32 Å². The molecule has 2 aliphatic heterocycles. The molecule has 0 aliphatic carbocycles. The lowest BCUT2D eigenvalue weighted by Gasteiger charge is -2.18. The fourth-order valence-corrected chi connectivity index (χ4v) is 3.89. The Morgan fingerprint density at radius 3 is 2.96 bits per heavy atom. The van der Waals surface area contributed by atoms with E-state index >= 15 is 0 Å². The van der Waals surface area contributed by atoms with Crippen LogP contribution in [0.25, 0.3) is 0 Å². The number of rotatable bonds is 4. The van der Waals surface area contributed by atoms with Gasteiger partial charge in [-0.1, -0.05) is 0 Å². The molecule has 0 aromatic heterocycles. The summed E-state index contributed by atoms with van der Waals surface area (Å²) < 4.78 is 31.0. The molecule has 0 saturated carbocycles. The summed E-state index contributed by atoms with van der Waals surface area (Å²) in [5.41, 5.74) is 0.777. The van der Waals surface area contributed by atoms with Crippen molar-refractivity contribution in [3.05, 3.63) is 24.0 Å². The largest absolute Gasteiger partial charge is 0.615 e. The number of nitrogens with one attached hydrogen (secondary N) is 1. The average molecular weight is 355 g/mol. The SMILES string of the molecule is CC(=O)NC[C@H]1CN(c2ccc(N3CC[S@+]([O-])C3)c(F)c2)C(=O)O1. The van der Waals surface area contributed by atoms with Crippen LogP contribution in [0.2, 0.25) is 0 Å². The number of nitrogens with zero attached hydrogens (tertiary/aromatic N) is 2. The minimum atomic E-state index is -0.946. The summed E-state index contributed by atoms with van der Waals surface area (Å²) in [6, 6.07) is 4.50. The number of carbonyl (C=O) groups is 2. The van der Waals surface area contributed by atoms with Crippen LogP contribution in [0.4, 0.5) is 20.6 Å². The number of ether oxygens (including phenoxy) is 1. The lowest BCUT2D eigenvalue weighted by Crippen LogP contribution is -2.33.